The molecule has 0 spiro atoms. The molecule has 1 aliphatic heterocycles. The van der Waals surface area contributed by atoms with Crippen LogP contribution in [-0.2, 0) is 0 Å². The molecule has 1 aliphatic rings. The Hall–Kier alpha value is -0.350. The number of likely N-dealkylation sites (N-methyl/N-ethyl adjacent to an activating group) is 1. The Morgan fingerprint density at radius 2 is 1.45 bits per heavy atom. The van der Waals surface area contributed by atoms with Crippen LogP contribution in [0.15, 0.2) is 0 Å². The lowest BCUT2D eigenvalue weighted by Crippen LogP contribution is -2.50. The number of rotatable bonds is 9. The van der Waals surface area contributed by atoms with Crippen molar-refractivity contribution in [3.05, 3.63) is 0 Å². The van der Waals surface area contributed by atoms with Crippen molar-refractivity contribution in [1.82, 2.24) is 15.1 Å². The molecule has 0 amide bonds. The molecule has 0 aromatic rings. The van der Waals surface area contributed by atoms with Crippen molar-refractivity contribution in [1.29, 1.82) is 0 Å². The Morgan fingerprint density at radius 1 is 0.900 bits per heavy atom. The number of unbranched alkanes of at least 4 members (excludes halogenated alkanes) is 7. The van der Waals surface area contributed by atoms with E-state index in [2.05, 4.69) is 29.1 Å². The molecule has 118 valence electrons. The predicted octanol–water partition coefficient (Wildman–Crippen LogP) is 3.25. The first-order valence-electron chi connectivity index (χ1n) is 8.45. The Labute approximate surface area is 131 Å². The van der Waals surface area contributed by atoms with Crippen molar-refractivity contribution in [3.8, 4) is 0 Å². The van der Waals surface area contributed by atoms with Gasteiger partial charge in [0.1, 0.15) is 0 Å². The molecular formula is C16H33N3S. The summed E-state index contributed by atoms with van der Waals surface area (Å²) in [6.07, 6.45) is 11.0. The zero-order valence-electron chi connectivity index (χ0n) is 13.5. The summed E-state index contributed by atoms with van der Waals surface area (Å²) < 4.78 is 0. The van der Waals surface area contributed by atoms with Gasteiger partial charge in [0, 0.05) is 32.7 Å². The third kappa shape index (κ3) is 8.05. The largest absolute Gasteiger partial charge is 0.363 e. The molecule has 0 atom stereocenters. The lowest BCUT2D eigenvalue weighted by Gasteiger charge is -2.34. The van der Waals surface area contributed by atoms with Crippen molar-refractivity contribution < 1.29 is 0 Å². The van der Waals surface area contributed by atoms with Gasteiger partial charge in [-0.15, -0.1) is 0 Å². The van der Waals surface area contributed by atoms with Crippen molar-refractivity contribution in [2.75, 3.05) is 39.8 Å². The van der Waals surface area contributed by atoms with Gasteiger partial charge in [-0.05, 0) is 25.7 Å². The van der Waals surface area contributed by atoms with E-state index in [1.807, 2.05) is 0 Å². The van der Waals surface area contributed by atoms with E-state index >= 15 is 0 Å². The molecule has 0 aromatic heterocycles. The van der Waals surface area contributed by atoms with Crippen molar-refractivity contribution in [2.45, 2.75) is 58.3 Å². The summed E-state index contributed by atoms with van der Waals surface area (Å²) in [6, 6.07) is 0. The molecule has 1 N–H and O–H groups in total. The molecule has 1 saturated heterocycles. The normalized spacial score (nSPS) is 16.4. The van der Waals surface area contributed by atoms with Crippen LogP contribution >= 0.6 is 12.2 Å². The Balaban J connectivity index is 1.89. The highest BCUT2D eigenvalue weighted by atomic mass is 32.1. The van der Waals surface area contributed by atoms with E-state index in [1.165, 1.54) is 51.4 Å². The second-order valence-electron chi connectivity index (χ2n) is 6.00. The van der Waals surface area contributed by atoms with E-state index in [9.17, 15) is 0 Å². The Bertz CT molecular complexity index is 250. The first-order chi connectivity index (χ1) is 9.74. The van der Waals surface area contributed by atoms with Crippen LogP contribution in [0.25, 0.3) is 0 Å². The molecule has 1 fully saturated rings. The SMILES string of the molecule is CCCCCCCCCCNC(=S)N1CCN(C)CC1. The van der Waals surface area contributed by atoms with E-state index < -0.39 is 0 Å². The Morgan fingerprint density at radius 3 is 2.05 bits per heavy atom. The number of nitrogens with zero attached hydrogens (tertiary/aromatic N) is 2. The fourth-order valence-electron chi connectivity index (χ4n) is 2.58. The average Bonchev–Trinajstić information content (AvgIpc) is 2.46. The number of nitrogens with one attached hydrogen (secondary N) is 1. The lowest BCUT2D eigenvalue weighted by atomic mass is 10.1. The maximum Gasteiger partial charge on any atom is 0.169 e. The van der Waals surface area contributed by atoms with Crippen LogP contribution in [0.4, 0.5) is 0 Å². The van der Waals surface area contributed by atoms with E-state index in [-0.39, 0.29) is 0 Å². The van der Waals surface area contributed by atoms with E-state index in [0.29, 0.717) is 0 Å². The predicted molar refractivity (Wildman–Crippen MR) is 92.3 cm³/mol. The topological polar surface area (TPSA) is 18.5 Å². The van der Waals surface area contributed by atoms with Gasteiger partial charge in [-0.2, -0.15) is 0 Å². The van der Waals surface area contributed by atoms with E-state index in [1.54, 1.807) is 0 Å². The third-order valence-electron chi connectivity index (χ3n) is 4.10. The number of hydrogen-bond acceptors (Lipinski definition) is 2. The molecule has 0 aromatic carbocycles. The quantitative estimate of drug-likeness (QED) is 0.520. The lowest BCUT2D eigenvalue weighted by molar-refractivity contribution is 0.214. The van der Waals surface area contributed by atoms with Gasteiger partial charge in [0.05, 0.1) is 0 Å². The molecule has 0 radical (unpaired) electrons. The van der Waals surface area contributed by atoms with Crippen molar-refractivity contribution in [3.63, 3.8) is 0 Å². The highest BCUT2D eigenvalue weighted by Gasteiger charge is 2.15. The van der Waals surface area contributed by atoms with Gasteiger partial charge in [0.25, 0.3) is 0 Å². The van der Waals surface area contributed by atoms with Gasteiger partial charge in [-0.25, -0.2) is 0 Å². The summed E-state index contributed by atoms with van der Waals surface area (Å²) >= 11 is 5.46. The van der Waals surface area contributed by atoms with Crippen LogP contribution in [0.1, 0.15) is 58.3 Å². The maximum absolute atomic E-state index is 5.46. The summed E-state index contributed by atoms with van der Waals surface area (Å²) in [5, 5.41) is 4.38. The van der Waals surface area contributed by atoms with E-state index in [0.717, 1.165) is 37.8 Å². The first-order valence-corrected chi connectivity index (χ1v) is 8.86. The van der Waals surface area contributed by atoms with Crippen LogP contribution in [0.3, 0.4) is 0 Å². The van der Waals surface area contributed by atoms with Crippen molar-refractivity contribution >= 4 is 17.3 Å². The summed E-state index contributed by atoms with van der Waals surface area (Å²) in [6.45, 7) is 7.70. The minimum Gasteiger partial charge on any atom is -0.363 e. The van der Waals surface area contributed by atoms with Gasteiger partial charge in [0.15, 0.2) is 5.11 Å². The number of thiocarbonyl (C=S) groups is 1. The summed E-state index contributed by atoms with van der Waals surface area (Å²) in [5.41, 5.74) is 0. The molecular weight excluding hydrogens is 266 g/mol. The van der Waals surface area contributed by atoms with E-state index in [4.69, 9.17) is 12.2 Å². The second kappa shape index (κ2) is 11.3. The summed E-state index contributed by atoms with van der Waals surface area (Å²) in [7, 11) is 2.17. The zero-order valence-corrected chi connectivity index (χ0v) is 14.3. The second-order valence-corrected chi connectivity index (χ2v) is 6.38. The third-order valence-corrected chi connectivity index (χ3v) is 4.50. The smallest absolute Gasteiger partial charge is 0.169 e. The highest BCUT2D eigenvalue weighted by Crippen LogP contribution is 2.08. The van der Waals surface area contributed by atoms with Crippen LogP contribution < -0.4 is 5.32 Å². The molecule has 0 unspecified atom stereocenters. The monoisotopic (exact) mass is 299 g/mol. The van der Waals surface area contributed by atoms with Crippen LogP contribution in [-0.4, -0.2) is 54.7 Å². The minimum absolute atomic E-state index is 0.959. The highest BCUT2D eigenvalue weighted by molar-refractivity contribution is 7.80. The summed E-state index contributed by atoms with van der Waals surface area (Å²) in [5.74, 6) is 0. The molecule has 4 heteroatoms. The van der Waals surface area contributed by atoms with Gasteiger partial charge < -0.3 is 15.1 Å². The number of piperazine rings is 1. The van der Waals surface area contributed by atoms with Crippen LogP contribution in [0.5, 0.6) is 0 Å². The maximum atomic E-state index is 5.46. The van der Waals surface area contributed by atoms with Gasteiger partial charge >= 0.3 is 0 Å². The van der Waals surface area contributed by atoms with Crippen molar-refractivity contribution in [2.24, 2.45) is 0 Å². The molecule has 1 rings (SSSR count). The standard InChI is InChI=1S/C16H33N3S/c1-3-4-5-6-7-8-9-10-11-17-16(20)19-14-12-18(2)13-15-19/h3-15H2,1-2H3,(H,17,20). The van der Waals surface area contributed by atoms with Gasteiger partial charge in [-0.3, -0.25) is 0 Å². The molecule has 20 heavy (non-hydrogen) atoms. The molecule has 0 saturated carbocycles. The molecule has 0 bridgehead atoms. The fourth-order valence-corrected chi connectivity index (χ4v) is 2.86. The fraction of sp³-hybridized carbons (Fsp3) is 0.938. The average molecular weight is 300 g/mol. The molecule has 1 heterocycles. The van der Waals surface area contributed by atoms with Crippen LogP contribution in [0.2, 0.25) is 0 Å². The van der Waals surface area contributed by atoms with Gasteiger partial charge in [0.2, 0.25) is 0 Å². The first kappa shape index (κ1) is 17.7. The Kier molecular flexibility index (Phi) is 10.0. The minimum atomic E-state index is 0.959. The number of hydrogen-bond donors (Lipinski definition) is 1. The molecule has 3 nitrogen and oxygen atoms in total. The van der Waals surface area contributed by atoms with Gasteiger partial charge in [-0.1, -0.05) is 51.9 Å². The van der Waals surface area contributed by atoms with Crippen LogP contribution in [0, 0.1) is 0 Å². The summed E-state index contributed by atoms with van der Waals surface area (Å²) in [4.78, 5) is 4.66. The zero-order chi connectivity index (χ0) is 14.6. The molecule has 0 aliphatic carbocycles.